The average Bonchev–Trinajstić information content (AvgIpc) is 0.666. The lowest BCUT2D eigenvalue weighted by Gasteiger charge is -2.50. The van der Waals surface area contributed by atoms with E-state index in [1.165, 1.54) is 65.8 Å². The number of hydrogen-bond donors (Lipinski definition) is 0. The zero-order chi connectivity index (χ0) is 79.1. The Morgan fingerprint density at radius 2 is 0.413 bits per heavy atom. The molecule has 0 bridgehead atoms. The van der Waals surface area contributed by atoms with Crippen molar-refractivity contribution in [3.05, 3.63) is 425 Å². The lowest BCUT2D eigenvalue weighted by Crippen LogP contribution is -2.69. The quantitative estimate of drug-likeness (QED) is 0.118. The molecule has 8 heterocycles. The second kappa shape index (κ2) is 26.5. The Morgan fingerprint density at radius 3 is 0.752 bits per heavy atom. The summed E-state index contributed by atoms with van der Waals surface area (Å²) in [7, 11) is 0. The molecule has 0 atom stereocenters. The predicted molar refractivity (Wildman–Crippen MR) is 509 cm³/mol. The molecule has 0 amide bonds. The molecule has 8 aliphatic heterocycles. The first-order chi connectivity index (χ1) is 60.1. The van der Waals surface area contributed by atoms with Gasteiger partial charge in [-0.05, 0) is 229 Å². The number of hydrogen-bond acceptors (Lipinski definition) is 9. The van der Waals surface area contributed by atoms with Crippen LogP contribution < -0.4 is 109 Å². The summed E-state index contributed by atoms with van der Waals surface area (Å²) < 4.78 is 8.15. The van der Waals surface area contributed by atoms with Crippen LogP contribution in [0.15, 0.2) is 425 Å². The minimum absolute atomic E-state index is 0.201. The number of fused-ring (bicyclic) bond motifs is 18. The maximum absolute atomic E-state index is 8.15. The van der Waals surface area contributed by atoms with Crippen molar-refractivity contribution in [3.63, 3.8) is 0 Å². The second-order valence-electron chi connectivity index (χ2n) is 32.6. The highest BCUT2D eigenvalue weighted by Gasteiger charge is 2.55. The van der Waals surface area contributed by atoms with E-state index in [1.807, 2.05) is 0 Å². The highest BCUT2D eigenvalue weighted by atomic mass is 16.5. The molecule has 0 unspecified atom stereocenters. The molecule has 18 aromatic rings. The third-order valence-corrected chi connectivity index (χ3v) is 26.3. The molecule has 0 N–H and O–H groups in total. The highest BCUT2D eigenvalue weighted by Crippen LogP contribution is 2.55. The largest absolute Gasteiger partial charge is 0.458 e. The number of ether oxygens (including phenoxy) is 1. The molecular weight excluding hydrogens is 1470 g/mol. The number of nitrogens with zero attached hydrogens (tertiary/aromatic N) is 8. The van der Waals surface area contributed by atoms with Crippen molar-refractivity contribution in [2.24, 2.45) is 0 Å². The van der Waals surface area contributed by atoms with Crippen molar-refractivity contribution in [3.8, 4) is 11.5 Å². The van der Waals surface area contributed by atoms with Crippen molar-refractivity contribution in [2.75, 3.05) is 39.2 Å². The van der Waals surface area contributed by atoms with E-state index in [1.54, 1.807) is 0 Å². The Kier molecular flexibility index (Phi) is 14.8. The lowest BCUT2D eigenvalue weighted by molar-refractivity contribution is 0.488. The van der Waals surface area contributed by atoms with Crippen LogP contribution in [-0.4, -0.2) is 26.9 Å². The normalized spacial score (nSPS) is 13.7. The van der Waals surface area contributed by atoms with E-state index in [2.05, 4.69) is 464 Å². The predicted octanol–water partition coefficient (Wildman–Crippen LogP) is 19.8. The smallest absolute Gasteiger partial charge is 0.256 e. The van der Waals surface area contributed by atoms with Gasteiger partial charge in [0, 0.05) is 137 Å². The van der Waals surface area contributed by atoms with Gasteiger partial charge < -0.3 is 43.9 Å². The monoisotopic (exact) mass is 1540 g/mol. The second-order valence-corrected chi connectivity index (χ2v) is 32.6. The van der Waals surface area contributed by atoms with Crippen LogP contribution in [0.3, 0.4) is 0 Å². The van der Waals surface area contributed by atoms with Gasteiger partial charge in [0.2, 0.25) is 0 Å². The van der Waals surface area contributed by atoms with Crippen molar-refractivity contribution < 1.29 is 4.74 Å². The molecule has 0 fully saturated rings. The van der Waals surface area contributed by atoms with Crippen LogP contribution >= 0.6 is 0 Å². The van der Waals surface area contributed by atoms with Gasteiger partial charge in [0.25, 0.3) is 26.9 Å². The van der Waals surface area contributed by atoms with E-state index in [9.17, 15) is 0 Å². The van der Waals surface area contributed by atoms with Gasteiger partial charge in [-0.1, -0.05) is 249 Å². The van der Waals surface area contributed by atoms with Crippen molar-refractivity contribution in [1.29, 1.82) is 0 Å². The number of anilines is 24. The fraction of sp³-hybridized carbons (Fsp3) is 0. The van der Waals surface area contributed by atoms with Crippen LogP contribution in [0.25, 0.3) is 0 Å². The zero-order valence-electron chi connectivity index (χ0n) is 65.7. The Balaban J connectivity index is 0.730. The molecule has 0 saturated heterocycles. The molecule has 18 aromatic carbocycles. The summed E-state index contributed by atoms with van der Waals surface area (Å²) >= 11 is 0. The summed E-state index contributed by atoms with van der Waals surface area (Å²) in [6.07, 6.45) is 0. The summed E-state index contributed by atoms with van der Waals surface area (Å²) in [5.41, 5.74) is 41.0. The summed E-state index contributed by atoms with van der Waals surface area (Å²) in [6, 6.07) is 158. The first-order valence-electron chi connectivity index (χ1n) is 41.9. The topological polar surface area (TPSA) is 35.2 Å². The van der Waals surface area contributed by atoms with E-state index in [-0.39, 0.29) is 26.9 Å². The van der Waals surface area contributed by atoms with Crippen LogP contribution in [-0.2, 0) is 0 Å². The molecule has 13 heteroatoms. The maximum Gasteiger partial charge on any atom is 0.256 e. The van der Waals surface area contributed by atoms with Gasteiger partial charge in [0.05, 0.1) is 11.4 Å². The van der Waals surface area contributed by atoms with E-state index >= 15 is 0 Å². The fourth-order valence-corrected chi connectivity index (χ4v) is 21.6. The van der Waals surface area contributed by atoms with Crippen LogP contribution in [0, 0.1) is 0 Å². The van der Waals surface area contributed by atoms with Gasteiger partial charge in [-0.3, -0.25) is 0 Å². The average molecular weight is 1540 g/mol. The van der Waals surface area contributed by atoms with Gasteiger partial charge >= 0.3 is 0 Å². The van der Waals surface area contributed by atoms with Gasteiger partial charge in [-0.15, -0.1) is 0 Å². The molecule has 0 spiro atoms. The van der Waals surface area contributed by atoms with Crippen molar-refractivity contribution in [2.45, 2.75) is 0 Å². The summed E-state index contributed by atoms with van der Waals surface area (Å²) in [4.78, 5) is 20.2. The minimum Gasteiger partial charge on any atom is -0.458 e. The Morgan fingerprint density at radius 1 is 0.165 bits per heavy atom. The number of benzene rings is 18. The SMILES string of the molecule is c1ccc(N(c2ccccc2)c2cc3c4c(c2)N(c2ccccc2)c2cc5c(cc2B4c2ccccc2N3c2ccccc2)B2c3ccccc3N3c4ccccc4B4c6cc7c(cc6N(c6ccccc6)c6cc(c2c3c64)O5)N(c2ccccc2)c2cc(N(c3ccccc3)c3ccccc3)cc3c2B7c2ccccc2N3c2ccccc2)cc1. The maximum atomic E-state index is 8.15. The third-order valence-electron chi connectivity index (χ3n) is 26.3. The molecule has 0 aliphatic carbocycles. The van der Waals surface area contributed by atoms with Gasteiger partial charge in [-0.2, -0.15) is 0 Å². The molecule has 121 heavy (non-hydrogen) atoms. The molecule has 0 aromatic heterocycles. The molecule has 9 nitrogen and oxygen atoms in total. The van der Waals surface area contributed by atoms with Crippen LogP contribution in [0.5, 0.6) is 11.5 Å². The molecular formula is C108H70B4N8O. The molecule has 560 valence electrons. The number of para-hydroxylation sites is 13. The summed E-state index contributed by atoms with van der Waals surface area (Å²) in [5.74, 6) is 1.67. The van der Waals surface area contributed by atoms with E-state index in [0.29, 0.717) is 0 Å². The lowest BCUT2D eigenvalue weighted by atomic mass is 9.27. The van der Waals surface area contributed by atoms with Crippen molar-refractivity contribution in [1.82, 2.24) is 0 Å². The van der Waals surface area contributed by atoms with E-state index < -0.39 is 0 Å². The minimum atomic E-state index is -0.249. The zero-order valence-corrected chi connectivity index (χ0v) is 65.7. The first-order valence-corrected chi connectivity index (χ1v) is 41.9. The standard InChI is InChI=1S/C108H70B4N8O/c1-10-36-71(37-11-1)113(72-38-12-2-13-39-72)80-62-97-104-99(64-80)117(77-48-22-7-23-49-77)94-68-95-87(66-86(94)109(104)82-54-28-32-58-90(82)115(97)75-44-18-5-19-45-75)111-84-56-30-34-60-92(84)120-93-61-35-31-57-85(93)112-89-67-88-96(69-102(89)121-103-70-101(106(111)108(120)107(103)112)118(95)78-50-24-8-25-51-78)119(79-52-26-9-27-53-79)100-65-81(114(73-40-14-3-15-41-73)74-42-16-4-17-43-74)63-98-105(100)110(88)83-55-29-33-59-91(83)116(98)76-46-20-6-21-47-76/h1-70H. The fourth-order valence-electron chi connectivity index (χ4n) is 21.6. The highest BCUT2D eigenvalue weighted by molar-refractivity contribution is 7.06. The Labute approximate surface area is 704 Å². The third kappa shape index (κ3) is 9.91. The Bertz CT molecular complexity index is 7180. The van der Waals surface area contributed by atoms with Gasteiger partial charge in [0.1, 0.15) is 11.5 Å². The Hall–Kier alpha value is -15.6. The molecule has 8 aliphatic rings. The molecule has 26 rings (SSSR count). The first kappa shape index (κ1) is 67.6. The van der Waals surface area contributed by atoms with E-state index in [0.717, 1.165) is 148 Å². The van der Waals surface area contributed by atoms with Gasteiger partial charge in [-0.25, -0.2) is 0 Å². The summed E-state index contributed by atoms with van der Waals surface area (Å²) in [5, 5.41) is 0. The summed E-state index contributed by atoms with van der Waals surface area (Å²) in [6.45, 7) is -0.885. The number of rotatable bonds is 11. The van der Waals surface area contributed by atoms with E-state index in [4.69, 9.17) is 4.74 Å². The van der Waals surface area contributed by atoms with Crippen LogP contribution in [0.1, 0.15) is 0 Å². The van der Waals surface area contributed by atoms with Crippen LogP contribution in [0.2, 0.25) is 0 Å². The van der Waals surface area contributed by atoms with Crippen molar-refractivity contribution >= 4 is 229 Å². The van der Waals surface area contributed by atoms with Crippen LogP contribution in [0.4, 0.5) is 136 Å². The molecule has 0 radical (unpaired) electrons. The van der Waals surface area contributed by atoms with Gasteiger partial charge in [0.15, 0.2) is 0 Å². The molecule has 0 saturated carbocycles.